The Bertz CT molecular complexity index is 1130. The third-order valence-electron chi connectivity index (χ3n) is 4.75. The Kier molecular flexibility index (Phi) is 5.93. The molecule has 4 nitrogen and oxygen atoms in total. The van der Waals surface area contributed by atoms with E-state index >= 15 is 0 Å². The van der Waals surface area contributed by atoms with Gasteiger partial charge in [0.2, 0.25) is 0 Å². The molecule has 1 heterocycles. The van der Waals surface area contributed by atoms with Gasteiger partial charge in [0.15, 0.2) is 0 Å². The molecule has 3 aromatic rings. The van der Waals surface area contributed by atoms with E-state index in [9.17, 15) is 9.59 Å². The van der Waals surface area contributed by atoms with Crippen molar-refractivity contribution in [1.82, 2.24) is 0 Å². The van der Waals surface area contributed by atoms with Crippen molar-refractivity contribution < 1.29 is 9.59 Å². The summed E-state index contributed by atoms with van der Waals surface area (Å²) < 4.78 is 0. The van der Waals surface area contributed by atoms with Crippen molar-refractivity contribution in [2.45, 2.75) is 18.2 Å². The number of para-hydroxylation sites is 2. The lowest BCUT2D eigenvalue weighted by atomic mass is 10.1. The molecule has 1 N–H and O–H groups in total. The number of hydrogen-bond acceptors (Lipinski definition) is 4. The molecule has 3 aromatic carbocycles. The van der Waals surface area contributed by atoms with E-state index in [0.717, 1.165) is 22.6 Å². The fourth-order valence-corrected chi connectivity index (χ4v) is 4.28. The first-order chi connectivity index (χ1) is 14.6. The zero-order valence-corrected chi connectivity index (χ0v) is 17.8. The maximum absolute atomic E-state index is 13.3. The summed E-state index contributed by atoms with van der Waals surface area (Å²) in [6.45, 7) is 2.05. The molecule has 30 heavy (non-hydrogen) atoms. The van der Waals surface area contributed by atoms with Crippen LogP contribution in [-0.2, 0) is 16.0 Å². The summed E-state index contributed by atoms with van der Waals surface area (Å²) in [4.78, 5) is 29.0. The molecule has 0 aromatic heterocycles. The first-order valence-corrected chi connectivity index (χ1v) is 10.7. The minimum Gasteiger partial charge on any atom is -0.350 e. The number of hydrogen-bond donors (Lipinski definition) is 1. The summed E-state index contributed by atoms with van der Waals surface area (Å²) >= 11 is 7.25. The number of aryl methyl sites for hydroxylation is 1. The van der Waals surface area contributed by atoms with Crippen LogP contribution >= 0.6 is 23.4 Å². The third-order valence-corrected chi connectivity index (χ3v) is 6.09. The van der Waals surface area contributed by atoms with Crippen LogP contribution in [0, 0.1) is 0 Å². The van der Waals surface area contributed by atoms with Gasteiger partial charge in [-0.25, -0.2) is 4.90 Å². The highest BCUT2D eigenvalue weighted by Crippen LogP contribution is 2.38. The highest BCUT2D eigenvalue weighted by molar-refractivity contribution is 8.04. The molecule has 1 aliphatic heterocycles. The smallest absolute Gasteiger partial charge is 0.283 e. The lowest BCUT2D eigenvalue weighted by molar-refractivity contribution is -0.120. The number of halogens is 1. The monoisotopic (exact) mass is 434 g/mol. The van der Waals surface area contributed by atoms with Crippen molar-refractivity contribution in [2.75, 3.05) is 10.2 Å². The molecule has 1 aliphatic rings. The largest absolute Gasteiger partial charge is 0.350 e. The second kappa shape index (κ2) is 8.78. The summed E-state index contributed by atoms with van der Waals surface area (Å²) in [6.07, 6.45) is 0.806. The fraction of sp³-hybridized carbons (Fsp3) is 0.0833. The van der Waals surface area contributed by atoms with Gasteiger partial charge in [-0.15, -0.1) is 0 Å². The van der Waals surface area contributed by atoms with E-state index < -0.39 is 0 Å². The van der Waals surface area contributed by atoms with Gasteiger partial charge in [0, 0.05) is 15.6 Å². The highest BCUT2D eigenvalue weighted by atomic mass is 35.5. The summed E-state index contributed by atoms with van der Waals surface area (Å²) in [5, 5.41) is 3.86. The minimum atomic E-state index is -0.367. The third kappa shape index (κ3) is 3.99. The van der Waals surface area contributed by atoms with E-state index in [0.29, 0.717) is 15.6 Å². The lowest BCUT2D eigenvalue weighted by Crippen LogP contribution is -2.32. The number of benzene rings is 3. The average molecular weight is 435 g/mol. The molecule has 0 fully saturated rings. The standard InChI is InChI=1S/C24H19ClN2O2S/c1-2-16-8-6-7-11-20(16)26-21-22(30-19-14-12-17(25)13-15-19)24(29)27(23(21)28)18-9-4-3-5-10-18/h3-15,26H,2H2,1H3. The molecular weight excluding hydrogens is 416 g/mol. The van der Waals surface area contributed by atoms with Crippen molar-refractivity contribution >= 4 is 46.6 Å². The number of nitrogens with zero attached hydrogens (tertiary/aromatic N) is 1. The van der Waals surface area contributed by atoms with Crippen molar-refractivity contribution in [2.24, 2.45) is 0 Å². The van der Waals surface area contributed by atoms with Gasteiger partial charge < -0.3 is 5.32 Å². The van der Waals surface area contributed by atoms with Gasteiger partial charge in [-0.1, -0.05) is 66.7 Å². The van der Waals surface area contributed by atoms with Gasteiger partial charge in [-0.3, -0.25) is 9.59 Å². The fourth-order valence-electron chi connectivity index (χ4n) is 3.23. The maximum Gasteiger partial charge on any atom is 0.283 e. The summed E-state index contributed by atoms with van der Waals surface area (Å²) in [5.41, 5.74) is 2.71. The Balaban J connectivity index is 1.76. The van der Waals surface area contributed by atoms with Gasteiger partial charge in [-0.2, -0.15) is 0 Å². The van der Waals surface area contributed by atoms with Crippen LogP contribution in [0.3, 0.4) is 0 Å². The Hall–Kier alpha value is -3.02. The van der Waals surface area contributed by atoms with Crippen LogP contribution in [-0.4, -0.2) is 11.8 Å². The average Bonchev–Trinajstić information content (AvgIpc) is 3.00. The van der Waals surface area contributed by atoms with Gasteiger partial charge in [0.1, 0.15) is 10.6 Å². The molecule has 0 atom stereocenters. The topological polar surface area (TPSA) is 49.4 Å². The predicted molar refractivity (Wildman–Crippen MR) is 123 cm³/mol. The molecule has 0 bridgehead atoms. The Morgan fingerprint density at radius 3 is 2.23 bits per heavy atom. The van der Waals surface area contributed by atoms with Crippen molar-refractivity contribution in [3.8, 4) is 0 Å². The second-order valence-electron chi connectivity index (χ2n) is 6.68. The number of imide groups is 1. The molecule has 4 rings (SSSR count). The number of amides is 2. The van der Waals surface area contributed by atoms with E-state index in [4.69, 9.17) is 11.6 Å². The molecule has 0 saturated heterocycles. The number of nitrogens with one attached hydrogen (secondary N) is 1. The molecular formula is C24H19ClN2O2S. The second-order valence-corrected chi connectivity index (χ2v) is 8.20. The maximum atomic E-state index is 13.3. The first kappa shape index (κ1) is 20.3. The van der Waals surface area contributed by atoms with E-state index in [1.165, 1.54) is 16.7 Å². The van der Waals surface area contributed by atoms with Crippen LogP contribution in [0.5, 0.6) is 0 Å². The molecule has 0 radical (unpaired) electrons. The molecule has 0 saturated carbocycles. The zero-order valence-electron chi connectivity index (χ0n) is 16.3. The first-order valence-electron chi connectivity index (χ1n) is 9.55. The van der Waals surface area contributed by atoms with Crippen LogP contribution in [0.1, 0.15) is 12.5 Å². The van der Waals surface area contributed by atoms with Gasteiger partial charge in [-0.05, 0) is 54.4 Å². The predicted octanol–water partition coefficient (Wildman–Crippen LogP) is 5.89. The number of thioether (sulfide) groups is 1. The zero-order chi connectivity index (χ0) is 21.1. The van der Waals surface area contributed by atoms with Gasteiger partial charge in [0.05, 0.1) is 5.69 Å². The SMILES string of the molecule is CCc1ccccc1NC1=C(Sc2ccc(Cl)cc2)C(=O)N(c2ccccc2)C1=O. The Morgan fingerprint density at radius 2 is 1.53 bits per heavy atom. The van der Waals surface area contributed by atoms with Crippen LogP contribution in [0.2, 0.25) is 5.02 Å². The molecule has 0 unspecified atom stereocenters. The number of rotatable bonds is 6. The number of anilines is 2. The van der Waals surface area contributed by atoms with Crippen molar-refractivity contribution in [3.63, 3.8) is 0 Å². The van der Waals surface area contributed by atoms with E-state index in [1.807, 2.05) is 42.5 Å². The quantitative estimate of drug-likeness (QED) is 0.491. The van der Waals surface area contributed by atoms with Gasteiger partial charge in [0.25, 0.3) is 11.8 Å². The van der Waals surface area contributed by atoms with Crippen molar-refractivity contribution in [3.05, 3.63) is 100 Å². The van der Waals surface area contributed by atoms with Crippen LogP contribution in [0.25, 0.3) is 0 Å². The number of carbonyl (C=O) groups excluding carboxylic acids is 2. The van der Waals surface area contributed by atoms with E-state index in [1.54, 1.807) is 36.4 Å². The lowest BCUT2D eigenvalue weighted by Gasteiger charge is -2.15. The molecule has 0 spiro atoms. The van der Waals surface area contributed by atoms with Gasteiger partial charge >= 0.3 is 0 Å². The van der Waals surface area contributed by atoms with Crippen LogP contribution in [0.15, 0.2) is 94.4 Å². The summed E-state index contributed by atoms with van der Waals surface area (Å²) in [6, 6.07) is 23.9. The van der Waals surface area contributed by atoms with E-state index in [-0.39, 0.29) is 17.5 Å². The van der Waals surface area contributed by atoms with Crippen molar-refractivity contribution in [1.29, 1.82) is 0 Å². The molecule has 2 amide bonds. The summed E-state index contributed by atoms with van der Waals surface area (Å²) in [5.74, 6) is -0.712. The molecule has 150 valence electrons. The summed E-state index contributed by atoms with van der Waals surface area (Å²) in [7, 11) is 0. The Morgan fingerprint density at radius 1 is 0.867 bits per heavy atom. The van der Waals surface area contributed by atoms with Crippen LogP contribution in [0.4, 0.5) is 11.4 Å². The molecule has 6 heteroatoms. The minimum absolute atomic E-state index is 0.282. The highest BCUT2D eigenvalue weighted by Gasteiger charge is 2.40. The Labute approximate surface area is 184 Å². The number of carbonyl (C=O) groups is 2. The normalized spacial score (nSPS) is 13.9. The molecule has 0 aliphatic carbocycles. The van der Waals surface area contributed by atoms with Crippen LogP contribution < -0.4 is 10.2 Å². The van der Waals surface area contributed by atoms with E-state index in [2.05, 4.69) is 12.2 Å².